The Kier molecular flexibility index (Phi) is 3.71. The van der Waals surface area contributed by atoms with Crippen LogP contribution in [0.3, 0.4) is 0 Å². The van der Waals surface area contributed by atoms with Crippen molar-refractivity contribution in [1.82, 2.24) is 19.4 Å². The summed E-state index contributed by atoms with van der Waals surface area (Å²) in [5, 5.41) is 0. The zero-order valence-electron chi connectivity index (χ0n) is 11.2. The number of hydrogen-bond acceptors (Lipinski definition) is 3. The van der Waals surface area contributed by atoms with Crippen molar-refractivity contribution >= 4 is 22.6 Å². The van der Waals surface area contributed by atoms with Crippen molar-refractivity contribution in [2.24, 2.45) is 5.92 Å². The third kappa shape index (κ3) is 2.60. The van der Waals surface area contributed by atoms with Gasteiger partial charge in [0.05, 0.1) is 17.6 Å². The van der Waals surface area contributed by atoms with Crippen molar-refractivity contribution in [2.45, 2.75) is 25.3 Å². The zero-order valence-corrected chi connectivity index (χ0v) is 12.0. The van der Waals surface area contributed by atoms with E-state index in [4.69, 9.17) is 11.6 Å². The van der Waals surface area contributed by atoms with E-state index < -0.39 is 0 Å². The average molecular weight is 279 g/mol. The Morgan fingerprint density at radius 3 is 3.16 bits per heavy atom. The molecule has 4 nitrogen and oxygen atoms in total. The molecule has 3 rings (SSSR count). The molecule has 3 heterocycles. The number of hydrogen-bond donors (Lipinski definition) is 0. The second-order valence-electron chi connectivity index (χ2n) is 5.41. The molecule has 1 aliphatic heterocycles. The highest BCUT2D eigenvalue weighted by molar-refractivity contribution is 6.16. The molecule has 0 aliphatic carbocycles. The van der Waals surface area contributed by atoms with Crippen LogP contribution in [0.4, 0.5) is 0 Å². The highest BCUT2D eigenvalue weighted by Crippen LogP contribution is 2.22. The number of pyridine rings is 1. The Balaban J connectivity index is 1.90. The molecule has 0 bridgehead atoms. The van der Waals surface area contributed by atoms with Gasteiger partial charge in [0.25, 0.3) is 0 Å². The van der Waals surface area contributed by atoms with Crippen LogP contribution in [0, 0.1) is 5.92 Å². The van der Waals surface area contributed by atoms with E-state index in [1.807, 2.05) is 18.5 Å². The van der Waals surface area contributed by atoms with Crippen LogP contribution in [0.1, 0.15) is 18.7 Å². The Morgan fingerprint density at radius 2 is 2.37 bits per heavy atom. The summed E-state index contributed by atoms with van der Waals surface area (Å²) in [6.45, 7) is 3.38. The minimum absolute atomic E-state index is 0.456. The number of fused-ring (bicyclic) bond motifs is 1. The van der Waals surface area contributed by atoms with Crippen LogP contribution in [0.25, 0.3) is 11.0 Å². The first-order valence-corrected chi connectivity index (χ1v) is 7.35. The molecule has 0 aromatic carbocycles. The topological polar surface area (TPSA) is 34.0 Å². The smallest absolute Gasteiger partial charge is 0.124 e. The van der Waals surface area contributed by atoms with E-state index >= 15 is 0 Å². The van der Waals surface area contributed by atoms with E-state index in [1.54, 1.807) is 0 Å². The first kappa shape index (κ1) is 12.9. The van der Waals surface area contributed by atoms with E-state index in [1.165, 1.54) is 19.4 Å². The summed E-state index contributed by atoms with van der Waals surface area (Å²) in [4.78, 5) is 11.1. The molecule has 1 unspecified atom stereocenters. The van der Waals surface area contributed by atoms with Gasteiger partial charge in [-0.25, -0.2) is 4.98 Å². The van der Waals surface area contributed by atoms with Gasteiger partial charge < -0.3 is 9.47 Å². The lowest BCUT2D eigenvalue weighted by Gasteiger charge is -2.30. The van der Waals surface area contributed by atoms with Gasteiger partial charge in [0.1, 0.15) is 11.3 Å². The molecular weight excluding hydrogens is 260 g/mol. The molecule has 0 N–H and O–H groups in total. The van der Waals surface area contributed by atoms with Gasteiger partial charge in [-0.1, -0.05) is 0 Å². The highest BCUT2D eigenvalue weighted by atomic mass is 35.5. The largest absolute Gasteiger partial charge is 0.327 e. The van der Waals surface area contributed by atoms with E-state index in [9.17, 15) is 0 Å². The second-order valence-corrected chi connectivity index (χ2v) is 5.67. The number of alkyl halides is 1. The van der Waals surface area contributed by atoms with Gasteiger partial charge in [-0.2, -0.15) is 0 Å². The van der Waals surface area contributed by atoms with Gasteiger partial charge in [-0.3, -0.25) is 4.98 Å². The second kappa shape index (κ2) is 5.47. The normalized spacial score (nSPS) is 21.1. The van der Waals surface area contributed by atoms with Crippen LogP contribution in [0.15, 0.2) is 18.5 Å². The van der Waals surface area contributed by atoms with Gasteiger partial charge in [0.2, 0.25) is 0 Å². The van der Waals surface area contributed by atoms with Crippen LogP contribution in [0.5, 0.6) is 0 Å². The summed E-state index contributed by atoms with van der Waals surface area (Å²) in [7, 11) is 2.20. The first-order chi connectivity index (χ1) is 9.28. The van der Waals surface area contributed by atoms with E-state index in [0.717, 1.165) is 29.9 Å². The molecule has 0 radical (unpaired) electrons. The number of imidazole rings is 1. The van der Waals surface area contributed by atoms with E-state index in [2.05, 4.69) is 26.5 Å². The van der Waals surface area contributed by atoms with Gasteiger partial charge >= 0.3 is 0 Å². The van der Waals surface area contributed by atoms with Crippen molar-refractivity contribution in [3.05, 3.63) is 24.3 Å². The fourth-order valence-corrected chi connectivity index (χ4v) is 3.22. The fourth-order valence-electron chi connectivity index (χ4n) is 3.02. The Labute approximate surface area is 118 Å². The van der Waals surface area contributed by atoms with Crippen LogP contribution < -0.4 is 0 Å². The number of piperidine rings is 1. The third-order valence-corrected chi connectivity index (χ3v) is 4.15. The zero-order chi connectivity index (χ0) is 13.2. The van der Waals surface area contributed by atoms with Gasteiger partial charge in [-0.15, -0.1) is 11.6 Å². The summed E-state index contributed by atoms with van der Waals surface area (Å²) in [6.07, 6.45) is 6.21. The maximum absolute atomic E-state index is 6.04. The summed E-state index contributed by atoms with van der Waals surface area (Å²) >= 11 is 6.04. The maximum Gasteiger partial charge on any atom is 0.124 e. The minimum atomic E-state index is 0.456. The number of rotatable bonds is 3. The monoisotopic (exact) mass is 278 g/mol. The average Bonchev–Trinajstić information content (AvgIpc) is 2.77. The van der Waals surface area contributed by atoms with Crippen LogP contribution >= 0.6 is 11.6 Å². The molecule has 19 heavy (non-hydrogen) atoms. The number of likely N-dealkylation sites (tertiary alicyclic amines) is 1. The Bertz CT molecular complexity index is 566. The lowest BCUT2D eigenvalue weighted by atomic mass is 9.98. The highest BCUT2D eigenvalue weighted by Gasteiger charge is 2.20. The quantitative estimate of drug-likeness (QED) is 0.809. The number of nitrogens with zero attached hydrogens (tertiary/aromatic N) is 4. The Morgan fingerprint density at radius 1 is 1.47 bits per heavy atom. The van der Waals surface area contributed by atoms with Crippen molar-refractivity contribution in [2.75, 3.05) is 20.1 Å². The minimum Gasteiger partial charge on any atom is -0.327 e. The summed E-state index contributed by atoms with van der Waals surface area (Å²) in [5.74, 6) is 2.10. The summed E-state index contributed by atoms with van der Waals surface area (Å²) in [6, 6.07) is 2.03. The molecule has 1 aliphatic rings. The van der Waals surface area contributed by atoms with Crippen LogP contribution in [-0.2, 0) is 12.4 Å². The molecule has 2 aromatic rings. The van der Waals surface area contributed by atoms with Crippen LogP contribution in [0.2, 0.25) is 0 Å². The predicted molar refractivity (Wildman–Crippen MR) is 77.3 cm³/mol. The number of halogens is 1. The lowest BCUT2D eigenvalue weighted by Crippen LogP contribution is -2.34. The number of aromatic nitrogens is 3. The molecule has 5 heteroatoms. The lowest BCUT2D eigenvalue weighted by molar-refractivity contribution is 0.195. The molecule has 0 spiro atoms. The van der Waals surface area contributed by atoms with Crippen molar-refractivity contribution < 1.29 is 0 Å². The molecule has 0 amide bonds. The third-order valence-electron chi connectivity index (χ3n) is 3.91. The van der Waals surface area contributed by atoms with Gasteiger partial charge in [-0.05, 0) is 38.4 Å². The van der Waals surface area contributed by atoms with Crippen LogP contribution in [-0.4, -0.2) is 39.6 Å². The molecule has 2 aromatic heterocycles. The van der Waals surface area contributed by atoms with Gasteiger partial charge in [0, 0.05) is 19.3 Å². The first-order valence-electron chi connectivity index (χ1n) is 6.81. The molecule has 1 saturated heterocycles. The van der Waals surface area contributed by atoms with E-state index in [-0.39, 0.29) is 0 Å². The van der Waals surface area contributed by atoms with Crippen molar-refractivity contribution in [3.8, 4) is 0 Å². The Hall–Kier alpha value is -1.13. The summed E-state index contributed by atoms with van der Waals surface area (Å²) < 4.78 is 2.27. The molecule has 1 fully saturated rings. The van der Waals surface area contributed by atoms with Crippen molar-refractivity contribution in [1.29, 1.82) is 0 Å². The summed E-state index contributed by atoms with van der Waals surface area (Å²) in [5.41, 5.74) is 2.10. The molecule has 1 atom stereocenters. The standard InChI is InChI=1S/C14H19ClN4/c1-18-6-2-3-11(9-18)10-19-13-4-5-16-8-12(13)17-14(19)7-15/h4-5,8,11H,2-3,6-7,9-10H2,1H3. The predicted octanol–water partition coefficient (Wildman–Crippen LogP) is 2.51. The maximum atomic E-state index is 6.04. The SMILES string of the molecule is CN1CCCC(Cn2c(CCl)nc3cnccc32)C1. The molecule has 0 saturated carbocycles. The fraction of sp³-hybridized carbons (Fsp3) is 0.571. The van der Waals surface area contributed by atoms with Crippen molar-refractivity contribution in [3.63, 3.8) is 0 Å². The molecular formula is C14H19ClN4. The van der Waals surface area contributed by atoms with E-state index in [0.29, 0.717) is 11.8 Å². The van der Waals surface area contributed by atoms with Gasteiger partial charge in [0.15, 0.2) is 0 Å². The molecule has 102 valence electrons.